The van der Waals surface area contributed by atoms with Gasteiger partial charge in [-0.25, -0.2) is 9.50 Å². The van der Waals surface area contributed by atoms with Crippen LogP contribution in [0.1, 0.15) is 25.1 Å². The highest BCUT2D eigenvalue weighted by Crippen LogP contribution is 2.13. The first-order valence-electron chi connectivity index (χ1n) is 6.04. The summed E-state index contributed by atoms with van der Waals surface area (Å²) in [5, 5.41) is 5.16. The molecule has 0 N–H and O–H groups in total. The third kappa shape index (κ3) is 2.42. The number of halogens is 1. The summed E-state index contributed by atoms with van der Waals surface area (Å²) in [4.78, 5) is 6.91. The minimum atomic E-state index is 0.703. The highest BCUT2D eigenvalue weighted by atomic mass is 35.5. The summed E-state index contributed by atoms with van der Waals surface area (Å²) in [6, 6.07) is 3.67. The van der Waals surface area contributed by atoms with Crippen LogP contribution in [-0.4, -0.2) is 32.6 Å². The van der Waals surface area contributed by atoms with E-state index in [9.17, 15) is 0 Å². The van der Waals surface area contributed by atoms with E-state index in [-0.39, 0.29) is 0 Å². The molecule has 90 valence electrons. The fraction of sp³-hybridized carbons (Fsp3) is 0.500. The Kier molecular flexibility index (Phi) is 2.99. The van der Waals surface area contributed by atoms with E-state index in [0.717, 1.165) is 31.1 Å². The molecule has 1 aliphatic rings. The fourth-order valence-electron chi connectivity index (χ4n) is 2.29. The number of rotatable bonds is 2. The lowest BCUT2D eigenvalue weighted by atomic mass is 10.1. The van der Waals surface area contributed by atoms with E-state index < -0.39 is 0 Å². The molecule has 0 bridgehead atoms. The van der Waals surface area contributed by atoms with Crippen molar-refractivity contribution in [3.8, 4) is 0 Å². The molecule has 2 aromatic rings. The quantitative estimate of drug-likeness (QED) is 0.821. The van der Waals surface area contributed by atoms with Gasteiger partial charge in [-0.05, 0) is 32.0 Å². The molecule has 0 aliphatic carbocycles. The van der Waals surface area contributed by atoms with Crippen molar-refractivity contribution in [1.29, 1.82) is 0 Å². The maximum absolute atomic E-state index is 5.93. The standard InChI is InChI=1S/C12H15ClN4/c13-10-4-7-17-12(8-10)14-11(15-17)9-16-5-2-1-3-6-16/h4,7-8H,1-3,5-6,9H2. The minimum absolute atomic E-state index is 0.703. The van der Waals surface area contributed by atoms with Gasteiger partial charge in [0.1, 0.15) is 0 Å². The summed E-state index contributed by atoms with van der Waals surface area (Å²) in [7, 11) is 0. The van der Waals surface area contributed by atoms with Crippen LogP contribution in [0.3, 0.4) is 0 Å². The minimum Gasteiger partial charge on any atom is -0.296 e. The van der Waals surface area contributed by atoms with Crippen LogP contribution in [0.5, 0.6) is 0 Å². The summed E-state index contributed by atoms with van der Waals surface area (Å²) in [5.74, 6) is 0.883. The number of aromatic nitrogens is 3. The van der Waals surface area contributed by atoms with Crippen LogP contribution in [0.15, 0.2) is 18.3 Å². The number of piperidine rings is 1. The number of hydrogen-bond donors (Lipinski definition) is 0. The Hall–Kier alpha value is -1.13. The van der Waals surface area contributed by atoms with E-state index >= 15 is 0 Å². The van der Waals surface area contributed by atoms with Gasteiger partial charge in [0.15, 0.2) is 11.5 Å². The molecular formula is C12H15ClN4. The second-order valence-corrected chi connectivity index (χ2v) is 4.95. The molecule has 2 aromatic heterocycles. The van der Waals surface area contributed by atoms with Gasteiger partial charge in [-0.15, -0.1) is 5.10 Å². The Morgan fingerprint density at radius 2 is 2.06 bits per heavy atom. The Bertz CT molecular complexity index is 516. The second-order valence-electron chi connectivity index (χ2n) is 4.51. The number of hydrogen-bond acceptors (Lipinski definition) is 3. The molecule has 0 aromatic carbocycles. The van der Waals surface area contributed by atoms with Crippen LogP contribution in [0, 0.1) is 0 Å². The Balaban J connectivity index is 1.80. The molecule has 1 fully saturated rings. The van der Waals surface area contributed by atoms with Crippen LogP contribution in [0.2, 0.25) is 5.02 Å². The summed E-state index contributed by atoms with van der Waals surface area (Å²) in [6.07, 6.45) is 5.79. The van der Waals surface area contributed by atoms with Gasteiger partial charge in [0.25, 0.3) is 0 Å². The second kappa shape index (κ2) is 4.63. The van der Waals surface area contributed by atoms with Crippen molar-refractivity contribution in [1.82, 2.24) is 19.5 Å². The van der Waals surface area contributed by atoms with Gasteiger partial charge in [0, 0.05) is 17.3 Å². The van der Waals surface area contributed by atoms with Crippen LogP contribution in [0.4, 0.5) is 0 Å². The lowest BCUT2D eigenvalue weighted by molar-refractivity contribution is 0.216. The van der Waals surface area contributed by atoms with E-state index in [0.29, 0.717) is 5.02 Å². The van der Waals surface area contributed by atoms with Crippen LogP contribution in [-0.2, 0) is 6.54 Å². The summed E-state index contributed by atoms with van der Waals surface area (Å²) in [5.41, 5.74) is 0.824. The first-order chi connectivity index (χ1) is 8.31. The number of nitrogens with zero attached hydrogens (tertiary/aromatic N) is 4. The lowest BCUT2D eigenvalue weighted by Gasteiger charge is -2.24. The highest BCUT2D eigenvalue weighted by molar-refractivity contribution is 6.30. The van der Waals surface area contributed by atoms with Gasteiger partial charge in [-0.3, -0.25) is 4.90 Å². The van der Waals surface area contributed by atoms with Gasteiger partial charge in [0.05, 0.1) is 6.54 Å². The van der Waals surface area contributed by atoms with E-state index in [2.05, 4.69) is 15.0 Å². The molecule has 1 aliphatic heterocycles. The van der Waals surface area contributed by atoms with Crippen molar-refractivity contribution in [2.75, 3.05) is 13.1 Å². The Morgan fingerprint density at radius 1 is 1.24 bits per heavy atom. The van der Waals surface area contributed by atoms with Crippen molar-refractivity contribution in [3.05, 3.63) is 29.2 Å². The number of pyridine rings is 1. The summed E-state index contributed by atoms with van der Waals surface area (Å²) >= 11 is 5.93. The Morgan fingerprint density at radius 3 is 2.88 bits per heavy atom. The van der Waals surface area contributed by atoms with Crippen molar-refractivity contribution in [2.45, 2.75) is 25.8 Å². The molecule has 0 saturated carbocycles. The zero-order chi connectivity index (χ0) is 11.7. The molecule has 0 amide bonds. The molecule has 0 atom stereocenters. The van der Waals surface area contributed by atoms with Gasteiger partial charge in [-0.2, -0.15) is 0 Å². The predicted molar refractivity (Wildman–Crippen MR) is 67.1 cm³/mol. The van der Waals surface area contributed by atoms with E-state index in [4.69, 9.17) is 11.6 Å². The number of fused-ring (bicyclic) bond motifs is 1. The van der Waals surface area contributed by atoms with E-state index in [1.807, 2.05) is 18.3 Å². The molecule has 0 unspecified atom stereocenters. The highest BCUT2D eigenvalue weighted by Gasteiger charge is 2.13. The normalized spacial score (nSPS) is 17.7. The molecule has 17 heavy (non-hydrogen) atoms. The van der Waals surface area contributed by atoms with Crippen LogP contribution >= 0.6 is 11.6 Å². The van der Waals surface area contributed by atoms with Crippen molar-refractivity contribution in [3.63, 3.8) is 0 Å². The molecule has 0 spiro atoms. The first kappa shape index (κ1) is 11.0. The topological polar surface area (TPSA) is 33.4 Å². The third-order valence-corrected chi connectivity index (χ3v) is 3.39. The van der Waals surface area contributed by atoms with Crippen LogP contribution < -0.4 is 0 Å². The average Bonchev–Trinajstić information content (AvgIpc) is 2.71. The number of likely N-dealkylation sites (tertiary alicyclic amines) is 1. The van der Waals surface area contributed by atoms with Crippen molar-refractivity contribution < 1.29 is 0 Å². The first-order valence-corrected chi connectivity index (χ1v) is 6.42. The van der Waals surface area contributed by atoms with E-state index in [1.165, 1.54) is 19.3 Å². The van der Waals surface area contributed by atoms with E-state index in [1.54, 1.807) is 4.52 Å². The lowest BCUT2D eigenvalue weighted by Crippen LogP contribution is -2.29. The third-order valence-electron chi connectivity index (χ3n) is 3.16. The SMILES string of the molecule is Clc1ccn2nc(CN3CCCCC3)nc2c1. The zero-order valence-corrected chi connectivity index (χ0v) is 10.4. The zero-order valence-electron chi connectivity index (χ0n) is 9.64. The largest absolute Gasteiger partial charge is 0.296 e. The molecule has 3 heterocycles. The molecule has 5 heteroatoms. The predicted octanol–water partition coefficient (Wildman–Crippen LogP) is 2.37. The van der Waals surface area contributed by atoms with Crippen LogP contribution in [0.25, 0.3) is 5.65 Å². The average molecular weight is 251 g/mol. The van der Waals surface area contributed by atoms with Crippen molar-refractivity contribution in [2.24, 2.45) is 0 Å². The van der Waals surface area contributed by atoms with Gasteiger partial charge < -0.3 is 0 Å². The monoisotopic (exact) mass is 250 g/mol. The molecule has 3 rings (SSSR count). The maximum Gasteiger partial charge on any atom is 0.165 e. The summed E-state index contributed by atoms with van der Waals surface area (Å²) < 4.78 is 1.78. The maximum atomic E-state index is 5.93. The molecule has 1 saturated heterocycles. The molecule has 4 nitrogen and oxygen atoms in total. The summed E-state index contributed by atoms with van der Waals surface area (Å²) in [6.45, 7) is 3.17. The molecule has 0 radical (unpaired) electrons. The smallest absolute Gasteiger partial charge is 0.165 e. The van der Waals surface area contributed by atoms with Crippen molar-refractivity contribution >= 4 is 17.2 Å². The van der Waals surface area contributed by atoms with Gasteiger partial charge in [-0.1, -0.05) is 18.0 Å². The van der Waals surface area contributed by atoms with Gasteiger partial charge >= 0.3 is 0 Å². The van der Waals surface area contributed by atoms with Gasteiger partial charge in [0.2, 0.25) is 0 Å². The fourth-order valence-corrected chi connectivity index (χ4v) is 2.44. The molecular weight excluding hydrogens is 236 g/mol. The Labute approximate surface area is 105 Å².